The van der Waals surface area contributed by atoms with Crippen LogP contribution < -0.4 is 15.8 Å². The molecule has 0 heterocycles. The van der Waals surface area contributed by atoms with E-state index in [2.05, 4.69) is 5.32 Å². The van der Waals surface area contributed by atoms with Gasteiger partial charge in [-0.3, -0.25) is 10.1 Å². The molecule has 1 aliphatic rings. The van der Waals surface area contributed by atoms with Crippen molar-refractivity contribution in [2.24, 2.45) is 0 Å². The van der Waals surface area contributed by atoms with Gasteiger partial charge in [0.15, 0.2) is 0 Å². The Morgan fingerprint density at radius 3 is 2.91 bits per heavy atom. The summed E-state index contributed by atoms with van der Waals surface area (Å²) >= 11 is 0. The highest BCUT2D eigenvalue weighted by molar-refractivity contribution is 5.68. The molecule has 3 N–H and O–H groups in total. The van der Waals surface area contributed by atoms with Crippen LogP contribution in [0.15, 0.2) is 36.4 Å². The van der Waals surface area contributed by atoms with E-state index >= 15 is 0 Å². The number of nitrogens with two attached hydrogens (primary N) is 1. The first-order chi connectivity index (χ1) is 10.6. The Bertz CT molecular complexity index is 731. The number of fused-ring (bicyclic) bond motifs is 1. The molecule has 0 saturated heterocycles. The average molecular weight is 299 g/mol. The van der Waals surface area contributed by atoms with Crippen LogP contribution in [0.1, 0.15) is 23.6 Å². The molecule has 0 aliphatic heterocycles. The molecule has 0 unspecified atom stereocenters. The summed E-state index contributed by atoms with van der Waals surface area (Å²) < 4.78 is 5.38. The van der Waals surface area contributed by atoms with E-state index in [-0.39, 0.29) is 11.7 Å². The maximum absolute atomic E-state index is 11.2. The van der Waals surface area contributed by atoms with Gasteiger partial charge in [-0.15, -0.1) is 0 Å². The summed E-state index contributed by atoms with van der Waals surface area (Å²) in [5.74, 6) is 0.865. The van der Waals surface area contributed by atoms with Gasteiger partial charge in [0.2, 0.25) is 0 Å². The number of nitrogen functional groups attached to an aromatic ring is 1. The van der Waals surface area contributed by atoms with Crippen LogP contribution in [0.5, 0.6) is 5.75 Å². The molecular weight excluding hydrogens is 282 g/mol. The molecule has 2 aromatic rings. The zero-order chi connectivity index (χ0) is 15.7. The van der Waals surface area contributed by atoms with Gasteiger partial charge in [-0.25, -0.2) is 0 Å². The third kappa shape index (κ3) is 2.43. The first-order valence-electron chi connectivity index (χ1n) is 7.06. The second-order valence-electron chi connectivity index (χ2n) is 5.30. The van der Waals surface area contributed by atoms with E-state index in [4.69, 9.17) is 10.5 Å². The van der Waals surface area contributed by atoms with Gasteiger partial charge < -0.3 is 15.8 Å². The van der Waals surface area contributed by atoms with E-state index in [0.29, 0.717) is 11.4 Å². The van der Waals surface area contributed by atoms with Gasteiger partial charge in [-0.1, -0.05) is 12.1 Å². The minimum atomic E-state index is -0.400. The molecule has 6 nitrogen and oxygen atoms in total. The molecule has 0 aromatic heterocycles. The van der Waals surface area contributed by atoms with Gasteiger partial charge >= 0.3 is 0 Å². The Morgan fingerprint density at radius 1 is 1.36 bits per heavy atom. The number of ether oxygens (including phenoxy) is 1. The normalized spacial score (nSPS) is 16.1. The largest absolute Gasteiger partial charge is 0.496 e. The highest BCUT2D eigenvalue weighted by Crippen LogP contribution is 2.40. The van der Waals surface area contributed by atoms with Crippen molar-refractivity contribution in [2.75, 3.05) is 18.2 Å². The number of nitro benzene ring substituents is 1. The van der Waals surface area contributed by atoms with Crippen molar-refractivity contribution < 1.29 is 9.66 Å². The van der Waals surface area contributed by atoms with Crippen molar-refractivity contribution in [2.45, 2.75) is 18.9 Å². The SMILES string of the molecule is COc1cccc2c1CC[C@H]2Nc1cc(N)ccc1[N+](=O)[O-]. The molecule has 0 spiro atoms. The number of nitrogens with one attached hydrogen (secondary N) is 1. The molecule has 0 radical (unpaired) electrons. The molecular formula is C16H17N3O3. The monoisotopic (exact) mass is 299 g/mol. The standard InChI is InChI=1S/C16H17N3O3/c1-22-16-4-2-3-11-12(16)6-7-13(11)18-14-9-10(17)5-8-15(14)19(20)21/h2-5,8-9,13,18H,6-7,17H2,1H3/t13-/m1/s1. The van der Waals surface area contributed by atoms with E-state index in [0.717, 1.165) is 29.7 Å². The van der Waals surface area contributed by atoms with Crippen molar-refractivity contribution >= 4 is 17.1 Å². The van der Waals surface area contributed by atoms with Crippen molar-refractivity contribution in [1.82, 2.24) is 0 Å². The summed E-state index contributed by atoms with van der Waals surface area (Å²) in [5.41, 5.74) is 9.02. The second-order valence-corrected chi connectivity index (χ2v) is 5.30. The van der Waals surface area contributed by atoms with Crippen LogP contribution in [-0.2, 0) is 6.42 Å². The van der Waals surface area contributed by atoms with Crippen molar-refractivity contribution in [3.05, 3.63) is 57.6 Å². The summed E-state index contributed by atoms with van der Waals surface area (Å²) in [7, 11) is 1.65. The zero-order valence-electron chi connectivity index (χ0n) is 12.2. The molecule has 1 atom stereocenters. The Labute approximate surface area is 128 Å². The highest BCUT2D eigenvalue weighted by Gasteiger charge is 2.27. The van der Waals surface area contributed by atoms with E-state index in [1.807, 2.05) is 18.2 Å². The van der Waals surface area contributed by atoms with Crippen LogP contribution in [0.3, 0.4) is 0 Å². The summed E-state index contributed by atoms with van der Waals surface area (Å²) in [6.07, 6.45) is 1.74. The van der Waals surface area contributed by atoms with Gasteiger partial charge in [0.1, 0.15) is 11.4 Å². The minimum Gasteiger partial charge on any atom is -0.496 e. The summed E-state index contributed by atoms with van der Waals surface area (Å²) in [5, 5.41) is 14.4. The van der Waals surface area contributed by atoms with Crippen LogP contribution in [0, 0.1) is 10.1 Å². The van der Waals surface area contributed by atoms with Crippen LogP contribution >= 0.6 is 0 Å². The first-order valence-corrected chi connectivity index (χ1v) is 7.06. The number of hydrogen-bond acceptors (Lipinski definition) is 5. The topological polar surface area (TPSA) is 90.4 Å². The summed E-state index contributed by atoms with van der Waals surface area (Å²) in [6.45, 7) is 0. The fourth-order valence-electron chi connectivity index (χ4n) is 2.98. The molecule has 114 valence electrons. The Balaban J connectivity index is 1.94. The lowest BCUT2D eigenvalue weighted by Crippen LogP contribution is -2.09. The third-order valence-electron chi connectivity index (χ3n) is 3.99. The lowest BCUT2D eigenvalue weighted by atomic mass is 10.1. The smallest absolute Gasteiger partial charge is 0.292 e. The molecule has 0 amide bonds. The maximum Gasteiger partial charge on any atom is 0.292 e. The number of methoxy groups -OCH3 is 1. The Morgan fingerprint density at radius 2 is 2.18 bits per heavy atom. The molecule has 6 heteroatoms. The van der Waals surface area contributed by atoms with Gasteiger partial charge in [0.25, 0.3) is 5.69 Å². The number of nitrogens with zero attached hydrogens (tertiary/aromatic N) is 1. The van der Waals surface area contributed by atoms with Crippen LogP contribution in [0.4, 0.5) is 17.1 Å². The van der Waals surface area contributed by atoms with Gasteiger partial charge in [0, 0.05) is 11.8 Å². The predicted octanol–water partition coefficient (Wildman–Crippen LogP) is 3.29. The molecule has 0 bridgehead atoms. The van der Waals surface area contributed by atoms with Crippen LogP contribution in [0.25, 0.3) is 0 Å². The quantitative estimate of drug-likeness (QED) is 0.513. The second kappa shape index (κ2) is 5.55. The van der Waals surface area contributed by atoms with E-state index < -0.39 is 4.92 Å². The summed E-state index contributed by atoms with van der Waals surface area (Å²) in [6, 6.07) is 10.5. The third-order valence-corrected chi connectivity index (χ3v) is 3.99. The molecule has 2 aromatic carbocycles. The number of rotatable bonds is 4. The first kappa shape index (κ1) is 14.2. The number of hydrogen-bond donors (Lipinski definition) is 2. The highest BCUT2D eigenvalue weighted by atomic mass is 16.6. The molecule has 0 saturated carbocycles. The fraction of sp³-hybridized carbons (Fsp3) is 0.250. The fourth-order valence-corrected chi connectivity index (χ4v) is 2.98. The molecule has 22 heavy (non-hydrogen) atoms. The van der Waals surface area contributed by atoms with Gasteiger partial charge in [-0.05, 0) is 42.2 Å². The number of anilines is 2. The molecule has 0 fully saturated rings. The van der Waals surface area contributed by atoms with Crippen molar-refractivity contribution in [3.63, 3.8) is 0 Å². The van der Waals surface area contributed by atoms with Gasteiger partial charge in [0.05, 0.1) is 18.1 Å². The zero-order valence-corrected chi connectivity index (χ0v) is 12.2. The van der Waals surface area contributed by atoms with Crippen molar-refractivity contribution in [1.29, 1.82) is 0 Å². The van der Waals surface area contributed by atoms with E-state index in [1.54, 1.807) is 13.2 Å². The Kier molecular flexibility index (Phi) is 3.58. The lowest BCUT2D eigenvalue weighted by Gasteiger charge is -2.16. The van der Waals surface area contributed by atoms with Crippen LogP contribution in [0.2, 0.25) is 0 Å². The molecule has 1 aliphatic carbocycles. The minimum absolute atomic E-state index is 0.0191. The average Bonchev–Trinajstić information content (AvgIpc) is 2.90. The van der Waals surface area contributed by atoms with Crippen LogP contribution in [-0.4, -0.2) is 12.0 Å². The Hall–Kier alpha value is -2.76. The van der Waals surface area contributed by atoms with E-state index in [9.17, 15) is 10.1 Å². The van der Waals surface area contributed by atoms with E-state index in [1.165, 1.54) is 12.1 Å². The van der Waals surface area contributed by atoms with Gasteiger partial charge in [-0.2, -0.15) is 0 Å². The lowest BCUT2D eigenvalue weighted by molar-refractivity contribution is -0.384. The predicted molar refractivity (Wildman–Crippen MR) is 85.2 cm³/mol. The number of benzene rings is 2. The summed E-state index contributed by atoms with van der Waals surface area (Å²) in [4.78, 5) is 10.8. The van der Waals surface area contributed by atoms with Crippen molar-refractivity contribution in [3.8, 4) is 5.75 Å². The molecule has 3 rings (SSSR count). The maximum atomic E-state index is 11.2. The number of nitro groups is 1.